The van der Waals surface area contributed by atoms with Crippen LogP contribution >= 0.6 is 0 Å². The SMILES string of the molecule is N=C(N)Cc1ccc2c(c1)Cc1cc(CC(=N)N)ccc1-2. The minimum absolute atomic E-state index is 0.189. The van der Waals surface area contributed by atoms with Crippen molar-refractivity contribution in [1.82, 2.24) is 0 Å². The minimum atomic E-state index is 0.189. The van der Waals surface area contributed by atoms with Crippen molar-refractivity contribution in [2.75, 3.05) is 0 Å². The quantitative estimate of drug-likeness (QED) is 0.434. The lowest BCUT2D eigenvalue weighted by molar-refractivity contribution is 1.19. The monoisotopic (exact) mass is 278 g/mol. The van der Waals surface area contributed by atoms with Crippen molar-refractivity contribution in [3.05, 3.63) is 58.7 Å². The number of nitrogens with two attached hydrogens (primary N) is 2. The van der Waals surface area contributed by atoms with Gasteiger partial charge < -0.3 is 11.5 Å². The maximum atomic E-state index is 7.40. The summed E-state index contributed by atoms with van der Waals surface area (Å²) in [4.78, 5) is 0. The summed E-state index contributed by atoms with van der Waals surface area (Å²) in [5, 5.41) is 14.8. The second-order valence-corrected chi connectivity index (χ2v) is 5.56. The summed E-state index contributed by atoms with van der Waals surface area (Å²) in [5.41, 5.74) is 18.2. The van der Waals surface area contributed by atoms with Crippen molar-refractivity contribution in [2.24, 2.45) is 11.5 Å². The maximum Gasteiger partial charge on any atom is 0.0950 e. The first kappa shape index (κ1) is 13.4. The van der Waals surface area contributed by atoms with Crippen molar-refractivity contribution in [3.63, 3.8) is 0 Å². The second-order valence-electron chi connectivity index (χ2n) is 5.56. The zero-order chi connectivity index (χ0) is 15.0. The lowest BCUT2D eigenvalue weighted by atomic mass is 10.0. The van der Waals surface area contributed by atoms with Gasteiger partial charge in [-0.1, -0.05) is 36.4 Å². The van der Waals surface area contributed by atoms with Gasteiger partial charge >= 0.3 is 0 Å². The molecule has 4 nitrogen and oxygen atoms in total. The number of fused-ring (bicyclic) bond motifs is 3. The molecule has 0 saturated carbocycles. The molecule has 106 valence electrons. The van der Waals surface area contributed by atoms with Crippen LogP contribution in [0, 0.1) is 10.8 Å². The predicted molar refractivity (Wildman–Crippen MR) is 85.9 cm³/mol. The Morgan fingerprint density at radius 2 is 1.24 bits per heavy atom. The van der Waals surface area contributed by atoms with E-state index in [0.29, 0.717) is 12.8 Å². The molecule has 0 aliphatic heterocycles. The van der Waals surface area contributed by atoms with E-state index < -0.39 is 0 Å². The van der Waals surface area contributed by atoms with E-state index in [2.05, 4.69) is 24.3 Å². The van der Waals surface area contributed by atoms with Crippen LogP contribution in [0.4, 0.5) is 0 Å². The highest BCUT2D eigenvalue weighted by atomic mass is 14.7. The molecule has 21 heavy (non-hydrogen) atoms. The highest BCUT2D eigenvalue weighted by Gasteiger charge is 2.19. The van der Waals surface area contributed by atoms with Gasteiger partial charge in [-0.3, -0.25) is 10.8 Å². The van der Waals surface area contributed by atoms with E-state index in [-0.39, 0.29) is 11.7 Å². The Bertz CT molecular complexity index is 683. The first-order valence-electron chi connectivity index (χ1n) is 6.92. The molecular weight excluding hydrogens is 260 g/mol. The molecule has 0 spiro atoms. The lowest BCUT2D eigenvalue weighted by Gasteiger charge is -2.05. The molecule has 2 aromatic rings. The van der Waals surface area contributed by atoms with Gasteiger partial charge in [0, 0.05) is 12.8 Å². The zero-order valence-corrected chi connectivity index (χ0v) is 11.7. The normalized spacial score (nSPS) is 11.8. The Kier molecular flexibility index (Phi) is 3.22. The van der Waals surface area contributed by atoms with E-state index in [1.54, 1.807) is 0 Å². The molecule has 6 N–H and O–H groups in total. The van der Waals surface area contributed by atoms with Crippen molar-refractivity contribution < 1.29 is 0 Å². The highest BCUT2D eigenvalue weighted by molar-refractivity contribution is 5.83. The largest absolute Gasteiger partial charge is 0.387 e. The molecule has 0 heterocycles. The van der Waals surface area contributed by atoms with Crippen LogP contribution in [0.3, 0.4) is 0 Å². The third kappa shape index (κ3) is 2.65. The summed E-state index contributed by atoms with van der Waals surface area (Å²) < 4.78 is 0. The van der Waals surface area contributed by atoms with Gasteiger partial charge in [-0.15, -0.1) is 0 Å². The number of amidine groups is 2. The Morgan fingerprint density at radius 3 is 1.62 bits per heavy atom. The zero-order valence-electron chi connectivity index (χ0n) is 11.7. The smallest absolute Gasteiger partial charge is 0.0950 e. The van der Waals surface area contributed by atoms with E-state index in [4.69, 9.17) is 22.3 Å². The van der Waals surface area contributed by atoms with Crippen LogP contribution in [0.2, 0.25) is 0 Å². The Morgan fingerprint density at radius 1 is 0.810 bits per heavy atom. The van der Waals surface area contributed by atoms with Crippen LogP contribution in [0.5, 0.6) is 0 Å². The lowest BCUT2D eigenvalue weighted by Crippen LogP contribution is -2.12. The molecule has 0 bridgehead atoms. The van der Waals surface area contributed by atoms with Crippen molar-refractivity contribution >= 4 is 11.7 Å². The summed E-state index contributed by atoms with van der Waals surface area (Å²) in [5.74, 6) is 0.378. The first-order chi connectivity index (χ1) is 10.0. The fourth-order valence-corrected chi connectivity index (χ4v) is 2.98. The average molecular weight is 278 g/mol. The molecule has 0 fully saturated rings. The van der Waals surface area contributed by atoms with Gasteiger partial charge in [-0.25, -0.2) is 0 Å². The van der Waals surface area contributed by atoms with Gasteiger partial charge in [-0.05, 0) is 39.8 Å². The molecule has 0 aromatic heterocycles. The topological polar surface area (TPSA) is 99.7 Å². The van der Waals surface area contributed by atoms with Crippen LogP contribution in [-0.4, -0.2) is 11.7 Å². The molecule has 1 aliphatic carbocycles. The van der Waals surface area contributed by atoms with E-state index in [9.17, 15) is 0 Å². The van der Waals surface area contributed by atoms with Crippen LogP contribution in [0.15, 0.2) is 36.4 Å². The van der Waals surface area contributed by atoms with Gasteiger partial charge in [0.2, 0.25) is 0 Å². The van der Waals surface area contributed by atoms with Crippen LogP contribution in [0.1, 0.15) is 22.3 Å². The van der Waals surface area contributed by atoms with Crippen molar-refractivity contribution in [3.8, 4) is 11.1 Å². The molecule has 0 atom stereocenters. The minimum Gasteiger partial charge on any atom is -0.387 e. The number of hydrogen-bond acceptors (Lipinski definition) is 2. The first-order valence-corrected chi connectivity index (χ1v) is 6.92. The van der Waals surface area contributed by atoms with E-state index >= 15 is 0 Å². The summed E-state index contributed by atoms with van der Waals surface area (Å²) in [6.45, 7) is 0. The highest BCUT2D eigenvalue weighted by Crippen LogP contribution is 2.37. The van der Waals surface area contributed by atoms with Gasteiger partial charge in [0.25, 0.3) is 0 Å². The Hall–Kier alpha value is -2.62. The van der Waals surface area contributed by atoms with Crippen molar-refractivity contribution in [1.29, 1.82) is 10.8 Å². The molecule has 0 saturated heterocycles. The second kappa shape index (κ2) is 5.05. The molecule has 0 amide bonds. The molecule has 0 radical (unpaired) electrons. The number of nitrogens with one attached hydrogen (secondary N) is 2. The molecule has 2 aromatic carbocycles. The van der Waals surface area contributed by atoms with Gasteiger partial charge in [0.15, 0.2) is 0 Å². The maximum absolute atomic E-state index is 7.40. The third-order valence-electron chi connectivity index (χ3n) is 3.80. The van der Waals surface area contributed by atoms with Crippen molar-refractivity contribution in [2.45, 2.75) is 19.3 Å². The average Bonchev–Trinajstić information content (AvgIpc) is 2.73. The molecule has 1 aliphatic rings. The Labute approximate surface area is 123 Å². The summed E-state index contributed by atoms with van der Waals surface area (Å²) in [6, 6.07) is 12.6. The summed E-state index contributed by atoms with van der Waals surface area (Å²) in [6.07, 6.45) is 1.89. The van der Waals surface area contributed by atoms with E-state index in [1.165, 1.54) is 22.3 Å². The fourth-order valence-electron chi connectivity index (χ4n) is 2.98. The molecule has 0 unspecified atom stereocenters. The molecular formula is C17H18N4. The summed E-state index contributed by atoms with van der Waals surface area (Å²) in [7, 11) is 0. The third-order valence-corrected chi connectivity index (χ3v) is 3.80. The van der Waals surface area contributed by atoms with Crippen LogP contribution in [-0.2, 0) is 19.3 Å². The van der Waals surface area contributed by atoms with E-state index in [1.807, 2.05) is 12.1 Å². The molecule has 3 rings (SSSR count). The van der Waals surface area contributed by atoms with E-state index in [0.717, 1.165) is 17.5 Å². The summed E-state index contributed by atoms with van der Waals surface area (Å²) >= 11 is 0. The van der Waals surface area contributed by atoms with Crippen LogP contribution in [0.25, 0.3) is 11.1 Å². The van der Waals surface area contributed by atoms with Crippen LogP contribution < -0.4 is 11.5 Å². The number of rotatable bonds is 4. The Balaban J connectivity index is 1.93. The number of hydrogen-bond donors (Lipinski definition) is 4. The number of benzene rings is 2. The van der Waals surface area contributed by atoms with Gasteiger partial charge in [0.05, 0.1) is 11.7 Å². The fraction of sp³-hybridized carbons (Fsp3) is 0.176. The van der Waals surface area contributed by atoms with Gasteiger partial charge in [-0.2, -0.15) is 0 Å². The van der Waals surface area contributed by atoms with Gasteiger partial charge in [0.1, 0.15) is 0 Å². The predicted octanol–water partition coefficient (Wildman–Crippen LogP) is 2.21. The standard InChI is InChI=1S/C17H18N4/c18-16(19)7-10-1-3-14-12(5-10)9-13-6-11(8-17(20)21)2-4-15(13)14/h1-6H,7-9H2,(H3,18,19)(H3,20,21). The molecule has 4 heteroatoms.